The van der Waals surface area contributed by atoms with E-state index in [1.807, 2.05) is 6.92 Å². The molecule has 3 rings (SSSR count). The van der Waals surface area contributed by atoms with E-state index in [0.717, 1.165) is 37.1 Å². The van der Waals surface area contributed by atoms with E-state index >= 15 is 0 Å². The lowest BCUT2D eigenvalue weighted by atomic mass is 9.99. The Morgan fingerprint density at radius 1 is 1.14 bits per heavy atom. The maximum atomic E-state index is 12.3. The van der Waals surface area contributed by atoms with Crippen LogP contribution < -0.4 is 15.4 Å². The molecule has 1 heterocycles. The van der Waals surface area contributed by atoms with E-state index in [1.54, 1.807) is 24.3 Å². The molecular formula is C21H28N4O3S. The van der Waals surface area contributed by atoms with Crippen molar-refractivity contribution in [3.05, 3.63) is 24.3 Å². The molecule has 2 amide bonds. The Balaban J connectivity index is 1.51. The Labute approximate surface area is 175 Å². The van der Waals surface area contributed by atoms with Gasteiger partial charge in [0, 0.05) is 17.8 Å². The summed E-state index contributed by atoms with van der Waals surface area (Å²) in [5, 5.41) is 14.1. The van der Waals surface area contributed by atoms with E-state index in [2.05, 4.69) is 20.8 Å². The van der Waals surface area contributed by atoms with Gasteiger partial charge < -0.3 is 15.4 Å². The molecule has 0 unspecified atom stereocenters. The maximum Gasteiger partial charge on any atom is 0.240 e. The third kappa shape index (κ3) is 6.88. The number of carbonyl (C=O) groups excluding carboxylic acids is 2. The molecular weight excluding hydrogens is 388 g/mol. The van der Waals surface area contributed by atoms with E-state index in [1.165, 1.54) is 31.0 Å². The smallest absolute Gasteiger partial charge is 0.240 e. The zero-order chi connectivity index (χ0) is 20.5. The van der Waals surface area contributed by atoms with Crippen LogP contribution in [-0.4, -0.2) is 34.6 Å². The minimum Gasteiger partial charge on any atom is -0.494 e. The summed E-state index contributed by atoms with van der Waals surface area (Å²) in [6, 6.07) is 7.16. The van der Waals surface area contributed by atoms with Crippen LogP contribution in [0.2, 0.25) is 0 Å². The third-order valence-corrected chi connectivity index (χ3v) is 5.88. The van der Waals surface area contributed by atoms with Gasteiger partial charge in [-0.1, -0.05) is 31.0 Å². The van der Waals surface area contributed by atoms with Crippen molar-refractivity contribution in [1.29, 1.82) is 0 Å². The van der Waals surface area contributed by atoms with Gasteiger partial charge in [0.15, 0.2) is 5.17 Å². The van der Waals surface area contributed by atoms with Crippen molar-refractivity contribution in [2.45, 2.75) is 63.5 Å². The van der Waals surface area contributed by atoms with Gasteiger partial charge in [-0.15, -0.1) is 5.10 Å². The maximum absolute atomic E-state index is 12.3. The lowest BCUT2D eigenvalue weighted by Crippen LogP contribution is -2.28. The number of amides is 2. The number of thioether (sulfide) groups is 1. The summed E-state index contributed by atoms with van der Waals surface area (Å²) in [7, 11) is 0. The number of hydrogen-bond acceptors (Lipinski definition) is 6. The minimum absolute atomic E-state index is 0.0826. The van der Waals surface area contributed by atoms with E-state index in [4.69, 9.17) is 4.74 Å². The van der Waals surface area contributed by atoms with Crippen molar-refractivity contribution in [3.8, 4) is 5.75 Å². The molecule has 0 radical (unpaired) electrons. The molecule has 0 bridgehead atoms. The Hall–Kier alpha value is -2.35. The summed E-state index contributed by atoms with van der Waals surface area (Å²) in [6.45, 7) is 2.51. The number of carbonyl (C=O) groups is 2. The topological polar surface area (TPSA) is 92.2 Å². The SMILES string of the molecule is CCOc1ccc(NC(=O)C[C@@H]2S/C(=N/N=C3CCCCCCC3)NC2=O)cc1. The van der Waals surface area contributed by atoms with Crippen LogP contribution in [0.4, 0.5) is 5.69 Å². The zero-order valence-electron chi connectivity index (χ0n) is 16.8. The van der Waals surface area contributed by atoms with Crippen LogP contribution in [0.25, 0.3) is 0 Å². The van der Waals surface area contributed by atoms with E-state index in [-0.39, 0.29) is 18.2 Å². The Kier molecular flexibility index (Phi) is 8.10. The molecule has 29 heavy (non-hydrogen) atoms. The third-order valence-electron chi connectivity index (χ3n) is 4.81. The summed E-state index contributed by atoms with van der Waals surface area (Å²) in [5.41, 5.74) is 1.77. The number of hydrogen-bond donors (Lipinski definition) is 2. The average Bonchev–Trinajstić information content (AvgIpc) is 3.02. The van der Waals surface area contributed by atoms with Gasteiger partial charge in [-0.25, -0.2) is 0 Å². The van der Waals surface area contributed by atoms with Crippen LogP contribution in [0.15, 0.2) is 34.5 Å². The minimum atomic E-state index is -0.492. The molecule has 2 N–H and O–H groups in total. The molecule has 1 saturated carbocycles. The summed E-state index contributed by atoms with van der Waals surface area (Å²) < 4.78 is 5.39. The molecule has 1 aliphatic carbocycles. The van der Waals surface area contributed by atoms with E-state index in [0.29, 0.717) is 17.5 Å². The quantitative estimate of drug-likeness (QED) is 0.683. The highest BCUT2D eigenvalue weighted by atomic mass is 32.2. The Morgan fingerprint density at radius 2 is 1.83 bits per heavy atom. The molecule has 1 aromatic rings. The highest BCUT2D eigenvalue weighted by Crippen LogP contribution is 2.24. The molecule has 0 aromatic heterocycles. The van der Waals surface area contributed by atoms with Crippen molar-refractivity contribution in [1.82, 2.24) is 5.32 Å². The first-order valence-corrected chi connectivity index (χ1v) is 11.2. The molecule has 7 nitrogen and oxygen atoms in total. The average molecular weight is 417 g/mol. The van der Waals surface area contributed by atoms with E-state index in [9.17, 15) is 9.59 Å². The second-order valence-electron chi connectivity index (χ2n) is 7.14. The second-order valence-corrected chi connectivity index (χ2v) is 8.34. The van der Waals surface area contributed by atoms with Crippen molar-refractivity contribution in [2.75, 3.05) is 11.9 Å². The number of nitrogens with zero attached hydrogens (tertiary/aromatic N) is 2. The molecule has 0 spiro atoms. The van der Waals surface area contributed by atoms with Crippen LogP contribution in [0.1, 0.15) is 58.3 Å². The lowest BCUT2D eigenvalue weighted by Gasteiger charge is -2.09. The van der Waals surface area contributed by atoms with Crippen LogP contribution in [0.5, 0.6) is 5.75 Å². The van der Waals surface area contributed by atoms with E-state index < -0.39 is 5.25 Å². The van der Waals surface area contributed by atoms with Gasteiger partial charge in [0.25, 0.3) is 0 Å². The molecule has 1 aromatic carbocycles. The summed E-state index contributed by atoms with van der Waals surface area (Å²) in [5.74, 6) is 0.339. The molecule has 2 aliphatic rings. The highest BCUT2D eigenvalue weighted by molar-refractivity contribution is 8.15. The first-order valence-electron chi connectivity index (χ1n) is 10.3. The number of ether oxygens (including phenoxy) is 1. The number of benzene rings is 1. The number of amidine groups is 1. The molecule has 1 saturated heterocycles. The Bertz CT molecular complexity index is 767. The van der Waals surface area contributed by atoms with Gasteiger partial charge in [-0.05, 0) is 56.9 Å². The zero-order valence-corrected chi connectivity index (χ0v) is 17.6. The summed E-state index contributed by atoms with van der Waals surface area (Å²) in [4.78, 5) is 24.5. The lowest BCUT2D eigenvalue weighted by molar-refractivity contribution is -0.122. The monoisotopic (exact) mass is 416 g/mol. The largest absolute Gasteiger partial charge is 0.494 e. The van der Waals surface area contributed by atoms with Gasteiger partial charge in [0.2, 0.25) is 11.8 Å². The molecule has 1 atom stereocenters. The predicted octanol–water partition coefficient (Wildman–Crippen LogP) is 4.10. The van der Waals surface area contributed by atoms with Crippen LogP contribution >= 0.6 is 11.8 Å². The fourth-order valence-electron chi connectivity index (χ4n) is 3.30. The van der Waals surface area contributed by atoms with Gasteiger partial charge in [0.05, 0.1) is 6.61 Å². The van der Waals surface area contributed by atoms with Gasteiger partial charge in [-0.3, -0.25) is 9.59 Å². The van der Waals surface area contributed by atoms with Crippen LogP contribution in [-0.2, 0) is 9.59 Å². The summed E-state index contributed by atoms with van der Waals surface area (Å²) >= 11 is 1.27. The molecule has 2 fully saturated rings. The molecule has 1 aliphatic heterocycles. The van der Waals surface area contributed by atoms with Crippen molar-refractivity contribution >= 4 is 40.1 Å². The molecule has 156 valence electrons. The normalized spacial score (nSPS) is 21.3. The number of nitrogens with one attached hydrogen (secondary N) is 2. The van der Waals surface area contributed by atoms with Crippen molar-refractivity contribution in [2.24, 2.45) is 10.2 Å². The fraction of sp³-hybridized carbons (Fsp3) is 0.524. The first-order chi connectivity index (χ1) is 14.1. The second kappa shape index (κ2) is 11.0. The van der Waals surface area contributed by atoms with Gasteiger partial charge in [0.1, 0.15) is 11.0 Å². The predicted molar refractivity (Wildman–Crippen MR) is 118 cm³/mol. The van der Waals surface area contributed by atoms with Gasteiger partial charge >= 0.3 is 0 Å². The standard InChI is InChI=1S/C21H28N4O3S/c1-2-28-17-12-10-15(11-13-17)22-19(26)14-18-20(27)23-21(29-18)25-24-16-8-6-4-3-5-7-9-16/h10-13,18H,2-9,14H2,1H3,(H,22,26)(H,23,25,27)/t18-/m0/s1. The number of rotatable bonds is 6. The van der Waals surface area contributed by atoms with Crippen LogP contribution in [0.3, 0.4) is 0 Å². The van der Waals surface area contributed by atoms with Crippen molar-refractivity contribution < 1.29 is 14.3 Å². The number of anilines is 1. The summed E-state index contributed by atoms with van der Waals surface area (Å²) in [6.07, 6.45) is 8.12. The highest BCUT2D eigenvalue weighted by Gasteiger charge is 2.32. The molecule has 8 heteroatoms. The van der Waals surface area contributed by atoms with Gasteiger partial charge in [-0.2, -0.15) is 5.10 Å². The Morgan fingerprint density at radius 3 is 2.52 bits per heavy atom. The first kappa shape index (κ1) is 21.4. The van der Waals surface area contributed by atoms with Crippen LogP contribution in [0, 0.1) is 0 Å². The van der Waals surface area contributed by atoms with Crippen molar-refractivity contribution in [3.63, 3.8) is 0 Å². The fourth-order valence-corrected chi connectivity index (χ4v) is 4.22.